The Morgan fingerprint density at radius 2 is 2.26 bits per heavy atom. The van der Waals surface area contributed by atoms with Crippen LogP contribution in [0.25, 0.3) is 0 Å². The molecule has 0 radical (unpaired) electrons. The summed E-state index contributed by atoms with van der Waals surface area (Å²) in [5, 5.41) is 7.56. The molecule has 0 saturated carbocycles. The Kier molecular flexibility index (Phi) is 4.04. The van der Waals surface area contributed by atoms with Crippen molar-refractivity contribution in [2.45, 2.75) is 18.9 Å². The molecule has 4 nitrogen and oxygen atoms in total. The first kappa shape index (κ1) is 13.8. The number of benzene rings is 1. The van der Waals surface area contributed by atoms with E-state index in [0.717, 1.165) is 25.9 Å². The Hall–Kier alpha value is -1.62. The summed E-state index contributed by atoms with van der Waals surface area (Å²) in [6, 6.07) is 5.17. The van der Waals surface area contributed by atoms with Gasteiger partial charge in [0.2, 0.25) is 0 Å². The molecule has 0 bridgehead atoms. The monoisotopic (exact) mass is 264 g/mol. The fraction of sp³-hybridized carbons (Fsp3) is 0.500. The number of nitrogens with zero attached hydrogens (tertiary/aromatic N) is 2. The second-order valence-corrected chi connectivity index (χ2v) is 5.22. The van der Waals surface area contributed by atoms with Crippen molar-refractivity contribution in [2.24, 2.45) is 5.73 Å². The molecule has 1 aliphatic heterocycles. The average molecular weight is 264 g/mol. The molecule has 19 heavy (non-hydrogen) atoms. The SMILES string of the molecule is CN1CCCC(N(C)c2cccc(F)c2C(=N)N)C1. The largest absolute Gasteiger partial charge is 0.384 e. The second-order valence-electron chi connectivity index (χ2n) is 5.22. The standard InChI is InChI=1S/C14H21FN4/c1-18-8-4-5-10(9-18)19(2)12-7-3-6-11(15)13(12)14(16)17/h3,6-7,10H,4-5,8-9H2,1-2H3,(H3,16,17). The third-order valence-electron chi connectivity index (χ3n) is 3.79. The van der Waals surface area contributed by atoms with E-state index < -0.39 is 5.82 Å². The summed E-state index contributed by atoms with van der Waals surface area (Å²) in [4.78, 5) is 4.33. The molecule has 5 heteroatoms. The van der Waals surface area contributed by atoms with Crippen LogP contribution in [0.1, 0.15) is 18.4 Å². The van der Waals surface area contributed by atoms with E-state index in [0.29, 0.717) is 11.7 Å². The van der Waals surface area contributed by atoms with Gasteiger partial charge in [0.05, 0.1) is 11.3 Å². The average Bonchev–Trinajstić information content (AvgIpc) is 2.37. The molecule has 104 valence electrons. The number of nitrogen functional groups attached to an aromatic ring is 1. The molecule has 2 rings (SSSR count). The molecule has 1 fully saturated rings. The van der Waals surface area contributed by atoms with Crippen molar-refractivity contribution < 1.29 is 4.39 Å². The molecule has 1 saturated heterocycles. The summed E-state index contributed by atoms with van der Waals surface area (Å²) >= 11 is 0. The van der Waals surface area contributed by atoms with Crippen LogP contribution < -0.4 is 10.6 Å². The van der Waals surface area contributed by atoms with Crippen LogP contribution in [0, 0.1) is 11.2 Å². The summed E-state index contributed by atoms with van der Waals surface area (Å²) in [6.07, 6.45) is 2.21. The molecule has 1 aliphatic rings. The first-order valence-corrected chi connectivity index (χ1v) is 6.55. The van der Waals surface area contributed by atoms with Crippen molar-refractivity contribution >= 4 is 11.5 Å². The number of hydrogen-bond acceptors (Lipinski definition) is 3. The van der Waals surface area contributed by atoms with Gasteiger partial charge in [0.15, 0.2) is 0 Å². The highest BCUT2D eigenvalue weighted by molar-refractivity contribution is 6.00. The quantitative estimate of drug-likeness (QED) is 0.644. The van der Waals surface area contributed by atoms with Crippen molar-refractivity contribution in [3.05, 3.63) is 29.6 Å². The van der Waals surface area contributed by atoms with Gasteiger partial charge in [-0.2, -0.15) is 0 Å². The van der Waals surface area contributed by atoms with Crippen LogP contribution in [0.15, 0.2) is 18.2 Å². The zero-order valence-corrected chi connectivity index (χ0v) is 11.5. The fourth-order valence-corrected chi connectivity index (χ4v) is 2.73. The molecule has 1 aromatic carbocycles. The third-order valence-corrected chi connectivity index (χ3v) is 3.79. The number of amidine groups is 1. The van der Waals surface area contributed by atoms with E-state index in [1.165, 1.54) is 6.07 Å². The van der Waals surface area contributed by atoms with Gasteiger partial charge >= 0.3 is 0 Å². The number of rotatable bonds is 3. The van der Waals surface area contributed by atoms with E-state index in [-0.39, 0.29) is 11.4 Å². The van der Waals surface area contributed by atoms with Gasteiger partial charge in [0.1, 0.15) is 11.7 Å². The number of halogens is 1. The highest BCUT2D eigenvalue weighted by Crippen LogP contribution is 2.26. The lowest BCUT2D eigenvalue weighted by Crippen LogP contribution is -2.45. The number of likely N-dealkylation sites (N-methyl/N-ethyl adjacent to an activating group) is 2. The number of nitrogens with one attached hydrogen (secondary N) is 1. The summed E-state index contributed by atoms with van der Waals surface area (Å²) < 4.78 is 13.8. The number of likely N-dealkylation sites (tertiary alicyclic amines) is 1. The van der Waals surface area contributed by atoms with Crippen molar-refractivity contribution in [3.63, 3.8) is 0 Å². The smallest absolute Gasteiger partial charge is 0.136 e. The lowest BCUT2D eigenvalue weighted by atomic mass is 10.0. The third kappa shape index (κ3) is 2.87. The van der Waals surface area contributed by atoms with Crippen molar-refractivity contribution in [1.82, 2.24) is 4.90 Å². The van der Waals surface area contributed by atoms with Crippen molar-refractivity contribution in [3.8, 4) is 0 Å². The molecule has 3 N–H and O–H groups in total. The minimum atomic E-state index is -0.430. The molecule has 1 aromatic rings. The van der Waals surface area contributed by atoms with Gasteiger partial charge in [-0.3, -0.25) is 5.41 Å². The summed E-state index contributed by atoms with van der Waals surface area (Å²) in [7, 11) is 4.04. The minimum absolute atomic E-state index is 0.207. The van der Waals surface area contributed by atoms with Gasteiger partial charge in [-0.05, 0) is 38.6 Å². The lowest BCUT2D eigenvalue weighted by Gasteiger charge is -2.37. The molecule has 0 aliphatic carbocycles. The first-order chi connectivity index (χ1) is 9.00. The fourth-order valence-electron chi connectivity index (χ4n) is 2.73. The summed E-state index contributed by atoms with van der Waals surface area (Å²) in [5.74, 6) is -0.648. The summed E-state index contributed by atoms with van der Waals surface area (Å²) in [5.41, 5.74) is 6.42. The van der Waals surface area contributed by atoms with Gasteiger partial charge in [0, 0.05) is 19.6 Å². The maximum absolute atomic E-state index is 13.8. The van der Waals surface area contributed by atoms with E-state index in [1.807, 2.05) is 13.1 Å². The van der Waals surface area contributed by atoms with E-state index in [9.17, 15) is 4.39 Å². The molecule has 1 heterocycles. The normalized spacial score (nSPS) is 20.3. The lowest BCUT2D eigenvalue weighted by molar-refractivity contribution is 0.248. The molecular weight excluding hydrogens is 243 g/mol. The summed E-state index contributed by atoms with van der Waals surface area (Å²) in [6.45, 7) is 2.05. The number of piperidine rings is 1. The number of hydrogen-bond donors (Lipinski definition) is 2. The Morgan fingerprint density at radius 1 is 1.53 bits per heavy atom. The van der Waals surface area contributed by atoms with E-state index in [4.69, 9.17) is 11.1 Å². The molecular formula is C14H21FN4. The maximum atomic E-state index is 13.8. The van der Waals surface area contributed by atoms with Crippen LogP contribution in [0.4, 0.5) is 10.1 Å². The van der Waals surface area contributed by atoms with Crippen LogP contribution in [-0.2, 0) is 0 Å². The van der Waals surface area contributed by atoms with Crippen molar-refractivity contribution in [2.75, 3.05) is 32.1 Å². The molecule has 0 amide bonds. The zero-order valence-electron chi connectivity index (χ0n) is 11.5. The first-order valence-electron chi connectivity index (χ1n) is 6.55. The van der Waals surface area contributed by atoms with Gasteiger partial charge in [-0.15, -0.1) is 0 Å². The van der Waals surface area contributed by atoms with Crippen LogP contribution in [-0.4, -0.2) is 44.0 Å². The van der Waals surface area contributed by atoms with Crippen molar-refractivity contribution in [1.29, 1.82) is 5.41 Å². The zero-order chi connectivity index (χ0) is 14.0. The maximum Gasteiger partial charge on any atom is 0.136 e. The van der Waals surface area contributed by atoms with Gasteiger partial charge in [-0.1, -0.05) is 6.07 Å². The van der Waals surface area contributed by atoms with E-state index >= 15 is 0 Å². The van der Waals surface area contributed by atoms with Gasteiger partial charge in [-0.25, -0.2) is 4.39 Å². The Morgan fingerprint density at radius 3 is 2.89 bits per heavy atom. The van der Waals surface area contributed by atoms with E-state index in [1.54, 1.807) is 6.07 Å². The van der Waals surface area contributed by atoms with Crippen LogP contribution in [0.5, 0.6) is 0 Å². The van der Waals surface area contributed by atoms with Gasteiger partial charge in [0.25, 0.3) is 0 Å². The Bertz CT molecular complexity index is 475. The van der Waals surface area contributed by atoms with Gasteiger partial charge < -0.3 is 15.5 Å². The number of anilines is 1. The highest BCUT2D eigenvalue weighted by atomic mass is 19.1. The minimum Gasteiger partial charge on any atom is -0.384 e. The number of nitrogens with two attached hydrogens (primary N) is 1. The predicted octanol–water partition coefficient (Wildman–Crippen LogP) is 1.64. The Balaban J connectivity index is 2.30. The molecule has 0 aromatic heterocycles. The second kappa shape index (κ2) is 5.57. The van der Waals surface area contributed by atoms with E-state index in [2.05, 4.69) is 16.8 Å². The molecule has 1 unspecified atom stereocenters. The predicted molar refractivity (Wildman–Crippen MR) is 76.3 cm³/mol. The molecule has 1 atom stereocenters. The van der Waals surface area contributed by atoms with Crippen LogP contribution >= 0.6 is 0 Å². The Labute approximate surface area is 113 Å². The van der Waals surface area contributed by atoms with Crippen LogP contribution in [0.2, 0.25) is 0 Å². The highest BCUT2D eigenvalue weighted by Gasteiger charge is 2.24. The topological polar surface area (TPSA) is 56.4 Å². The van der Waals surface area contributed by atoms with Crippen LogP contribution in [0.3, 0.4) is 0 Å². The molecule has 0 spiro atoms.